The van der Waals surface area contributed by atoms with Crippen LogP contribution in [-0.2, 0) is 4.79 Å². The lowest BCUT2D eigenvalue weighted by molar-refractivity contribution is -0.129. The highest BCUT2D eigenvalue weighted by Gasteiger charge is 2.13. The van der Waals surface area contributed by atoms with Crippen molar-refractivity contribution in [3.8, 4) is 11.5 Å². The van der Waals surface area contributed by atoms with Gasteiger partial charge in [0.2, 0.25) is 5.91 Å². The third-order valence-corrected chi connectivity index (χ3v) is 3.77. The molecule has 26 heavy (non-hydrogen) atoms. The number of likely N-dealkylation sites (N-methyl/N-ethyl adjacent to an activating group) is 1. The minimum atomic E-state index is -0.455. The SMILES string of the molecule is COc1ccc(OCCN(C)C(=O)CNC(=O)c2cc(Cl)ccn2)cc1. The predicted octanol–water partition coefficient (Wildman–Crippen LogP) is 2.01. The van der Waals surface area contributed by atoms with Crippen molar-refractivity contribution in [1.29, 1.82) is 0 Å². The van der Waals surface area contributed by atoms with E-state index in [1.54, 1.807) is 44.5 Å². The van der Waals surface area contributed by atoms with Crippen molar-refractivity contribution in [2.24, 2.45) is 0 Å². The minimum Gasteiger partial charge on any atom is -0.497 e. The summed E-state index contributed by atoms with van der Waals surface area (Å²) in [4.78, 5) is 29.4. The van der Waals surface area contributed by atoms with E-state index in [-0.39, 0.29) is 18.1 Å². The first-order valence-corrected chi connectivity index (χ1v) is 8.28. The zero-order valence-corrected chi connectivity index (χ0v) is 15.3. The lowest BCUT2D eigenvalue weighted by Gasteiger charge is -2.18. The van der Waals surface area contributed by atoms with Gasteiger partial charge < -0.3 is 19.7 Å². The van der Waals surface area contributed by atoms with Gasteiger partial charge >= 0.3 is 0 Å². The Labute approximate surface area is 156 Å². The maximum absolute atomic E-state index is 12.1. The molecule has 0 aliphatic heterocycles. The van der Waals surface area contributed by atoms with Crippen LogP contribution in [0.4, 0.5) is 0 Å². The van der Waals surface area contributed by atoms with E-state index in [1.807, 2.05) is 0 Å². The molecule has 7 nitrogen and oxygen atoms in total. The molecule has 1 aromatic heterocycles. The van der Waals surface area contributed by atoms with Crippen molar-refractivity contribution in [1.82, 2.24) is 15.2 Å². The number of benzene rings is 1. The second kappa shape index (κ2) is 9.62. The van der Waals surface area contributed by atoms with Crippen molar-refractivity contribution >= 4 is 23.4 Å². The summed E-state index contributed by atoms with van der Waals surface area (Å²) < 4.78 is 10.6. The van der Waals surface area contributed by atoms with Crippen molar-refractivity contribution in [2.45, 2.75) is 0 Å². The fraction of sp³-hybridized carbons (Fsp3) is 0.278. The van der Waals surface area contributed by atoms with Gasteiger partial charge in [0, 0.05) is 18.3 Å². The van der Waals surface area contributed by atoms with Gasteiger partial charge in [0.1, 0.15) is 23.8 Å². The summed E-state index contributed by atoms with van der Waals surface area (Å²) in [6, 6.07) is 10.2. The van der Waals surface area contributed by atoms with E-state index in [4.69, 9.17) is 21.1 Å². The first kappa shape index (κ1) is 19.5. The number of pyridine rings is 1. The molecule has 0 aliphatic rings. The Bertz CT molecular complexity index is 752. The van der Waals surface area contributed by atoms with E-state index in [0.717, 1.165) is 5.75 Å². The lowest BCUT2D eigenvalue weighted by Crippen LogP contribution is -2.39. The van der Waals surface area contributed by atoms with E-state index in [1.165, 1.54) is 17.2 Å². The van der Waals surface area contributed by atoms with Gasteiger partial charge in [0.05, 0.1) is 20.2 Å². The number of amides is 2. The Morgan fingerprint density at radius 3 is 2.54 bits per heavy atom. The Morgan fingerprint density at radius 1 is 1.19 bits per heavy atom. The number of carbonyl (C=O) groups is 2. The van der Waals surface area contributed by atoms with Crippen LogP contribution in [0.2, 0.25) is 5.02 Å². The normalized spacial score (nSPS) is 10.1. The summed E-state index contributed by atoms with van der Waals surface area (Å²) in [6.07, 6.45) is 1.43. The van der Waals surface area contributed by atoms with Crippen LogP contribution < -0.4 is 14.8 Å². The van der Waals surface area contributed by atoms with Crippen molar-refractivity contribution < 1.29 is 19.1 Å². The second-order valence-electron chi connectivity index (χ2n) is 5.38. The highest BCUT2D eigenvalue weighted by atomic mass is 35.5. The average molecular weight is 378 g/mol. The molecule has 1 aromatic carbocycles. The summed E-state index contributed by atoms with van der Waals surface area (Å²) in [5.74, 6) is 0.740. The molecule has 2 rings (SSSR count). The zero-order valence-electron chi connectivity index (χ0n) is 14.6. The van der Waals surface area contributed by atoms with Crippen LogP contribution in [0.15, 0.2) is 42.6 Å². The third-order valence-electron chi connectivity index (χ3n) is 3.54. The molecule has 2 amide bonds. The highest BCUT2D eigenvalue weighted by molar-refractivity contribution is 6.30. The minimum absolute atomic E-state index is 0.133. The Hall–Kier alpha value is -2.80. The molecule has 0 saturated heterocycles. The first-order chi connectivity index (χ1) is 12.5. The maximum Gasteiger partial charge on any atom is 0.270 e. The van der Waals surface area contributed by atoms with Crippen LogP contribution in [0, 0.1) is 0 Å². The third kappa shape index (κ3) is 5.93. The molecule has 2 aromatic rings. The zero-order chi connectivity index (χ0) is 18.9. The number of halogens is 1. The molecule has 138 valence electrons. The van der Waals surface area contributed by atoms with Gasteiger partial charge in [0.25, 0.3) is 5.91 Å². The average Bonchev–Trinajstić information content (AvgIpc) is 2.66. The highest BCUT2D eigenvalue weighted by Crippen LogP contribution is 2.16. The van der Waals surface area contributed by atoms with Gasteiger partial charge in [-0.25, -0.2) is 0 Å². The van der Waals surface area contributed by atoms with E-state index in [2.05, 4.69) is 10.3 Å². The molecular formula is C18H20ClN3O4. The molecule has 0 bridgehead atoms. The Balaban J connectivity index is 1.72. The monoisotopic (exact) mass is 377 g/mol. The lowest BCUT2D eigenvalue weighted by atomic mass is 10.3. The largest absolute Gasteiger partial charge is 0.497 e. The van der Waals surface area contributed by atoms with Crippen LogP contribution in [-0.4, -0.2) is 55.6 Å². The fourth-order valence-electron chi connectivity index (χ4n) is 2.01. The van der Waals surface area contributed by atoms with Gasteiger partial charge in [-0.1, -0.05) is 11.6 Å². The molecule has 0 aliphatic carbocycles. The molecule has 0 unspecified atom stereocenters. The van der Waals surface area contributed by atoms with Crippen LogP contribution in [0.25, 0.3) is 0 Å². The van der Waals surface area contributed by atoms with Gasteiger partial charge in [-0.2, -0.15) is 0 Å². The summed E-state index contributed by atoms with van der Waals surface area (Å²) in [5.41, 5.74) is 0.163. The topological polar surface area (TPSA) is 80.8 Å². The van der Waals surface area contributed by atoms with Gasteiger partial charge in [-0.05, 0) is 36.4 Å². The number of nitrogens with one attached hydrogen (secondary N) is 1. The molecule has 8 heteroatoms. The van der Waals surface area contributed by atoms with Crippen molar-refractivity contribution in [3.63, 3.8) is 0 Å². The number of hydrogen-bond donors (Lipinski definition) is 1. The summed E-state index contributed by atoms with van der Waals surface area (Å²) in [7, 11) is 3.24. The van der Waals surface area contributed by atoms with Crippen molar-refractivity contribution in [3.05, 3.63) is 53.3 Å². The van der Waals surface area contributed by atoms with E-state index in [0.29, 0.717) is 23.9 Å². The van der Waals surface area contributed by atoms with Crippen LogP contribution in [0.5, 0.6) is 11.5 Å². The van der Waals surface area contributed by atoms with E-state index in [9.17, 15) is 9.59 Å². The Morgan fingerprint density at radius 2 is 1.88 bits per heavy atom. The molecule has 0 radical (unpaired) electrons. The molecule has 0 atom stereocenters. The molecule has 1 N–H and O–H groups in total. The number of nitrogens with zero attached hydrogens (tertiary/aromatic N) is 2. The van der Waals surface area contributed by atoms with Crippen LogP contribution in [0.3, 0.4) is 0 Å². The number of methoxy groups -OCH3 is 1. The van der Waals surface area contributed by atoms with Gasteiger partial charge in [-0.15, -0.1) is 0 Å². The summed E-state index contributed by atoms with van der Waals surface area (Å²) >= 11 is 5.81. The molecule has 1 heterocycles. The molecule has 0 spiro atoms. The quantitative estimate of drug-likeness (QED) is 0.761. The smallest absolute Gasteiger partial charge is 0.270 e. The second-order valence-corrected chi connectivity index (χ2v) is 5.82. The first-order valence-electron chi connectivity index (χ1n) is 7.90. The summed E-state index contributed by atoms with van der Waals surface area (Å²) in [6.45, 7) is 0.584. The Kier molecular flexibility index (Phi) is 7.23. The standard InChI is InChI=1S/C18H20ClN3O4/c1-22(9-10-26-15-5-3-14(25-2)4-6-15)17(23)12-21-18(24)16-11-13(19)7-8-20-16/h3-8,11H,9-10,12H2,1-2H3,(H,21,24). The predicted molar refractivity (Wildman–Crippen MR) is 97.7 cm³/mol. The molecule has 0 saturated carbocycles. The van der Waals surface area contributed by atoms with Crippen LogP contribution in [0.1, 0.15) is 10.5 Å². The number of hydrogen-bond acceptors (Lipinski definition) is 5. The molecule has 0 fully saturated rings. The number of rotatable bonds is 8. The maximum atomic E-state index is 12.1. The number of aromatic nitrogens is 1. The fourth-order valence-corrected chi connectivity index (χ4v) is 2.17. The number of ether oxygens (including phenoxy) is 2. The summed E-state index contributed by atoms with van der Waals surface area (Å²) in [5, 5.41) is 2.93. The number of carbonyl (C=O) groups excluding carboxylic acids is 2. The van der Waals surface area contributed by atoms with E-state index >= 15 is 0 Å². The molecular weight excluding hydrogens is 358 g/mol. The van der Waals surface area contributed by atoms with Gasteiger partial charge in [0.15, 0.2) is 0 Å². The van der Waals surface area contributed by atoms with Crippen LogP contribution >= 0.6 is 11.6 Å². The van der Waals surface area contributed by atoms with Crippen molar-refractivity contribution in [2.75, 3.05) is 33.9 Å². The van der Waals surface area contributed by atoms with Gasteiger partial charge in [-0.3, -0.25) is 14.6 Å². The van der Waals surface area contributed by atoms with E-state index < -0.39 is 5.91 Å².